The molecule has 0 saturated carbocycles. The molecule has 1 atom stereocenters. The Kier molecular flexibility index (Phi) is 3.77. The highest BCUT2D eigenvalue weighted by atomic mass is 32.2. The molecular weight excluding hydrogens is 392 g/mol. The first-order chi connectivity index (χ1) is 13.9. The molecule has 2 aliphatic rings. The van der Waals surface area contributed by atoms with Crippen molar-refractivity contribution in [1.82, 2.24) is 4.90 Å². The van der Waals surface area contributed by atoms with Crippen LogP contribution in [0.15, 0.2) is 65.6 Å². The fraction of sp³-hybridized carbons (Fsp3) is 0.143. The van der Waals surface area contributed by atoms with Crippen molar-refractivity contribution in [2.24, 2.45) is 0 Å². The maximum absolute atomic E-state index is 13.0. The normalized spacial score (nSPS) is 17.8. The Morgan fingerprint density at radius 2 is 1.45 bits per heavy atom. The van der Waals surface area contributed by atoms with Crippen molar-refractivity contribution in [3.05, 3.63) is 71.8 Å². The molecule has 0 saturated heterocycles. The minimum atomic E-state index is -3.82. The van der Waals surface area contributed by atoms with Crippen LogP contribution in [0, 0.1) is 0 Å². The maximum atomic E-state index is 13.0. The molecule has 0 bridgehead atoms. The number of amides is 2. The second-order valence-electron chi connectivity index (χ2n) is 7.09. The number of benzene rings is 3. The average molecular weight is 408 g/mol. The zero-order valence-corrected chi connectivity index (χ0v) is 16.0. The Hall–Kier alpha value is -3.23. The van der Waals surface area contributed by atoms with Crippen LogP contribution in [0.25, 0.3) is 10.8 Å². The number of hydrogen-bond donors (Lipinski definition) is 1. The first-order valence-corrected chi connectivity index (χ1v) is 10.5. The van der Waals surface area contributed by atoms with Crippen LogP contribution in [0.1, 0.15) is 20.7 Å². The van der Waals surface area contributed by atoms with Crippen molar-refractivity contribution in [3.63, 3.8) is 0 Å². The number of sulfonamides is 1. The van der Waals surface area contributed by atoms with Crippen LogP contribution in [0.5, 0.6) is 0 Å². The Morgan fingerprint density at radius 1 is 0.828 bits per heavy atom. The van der Waals surface area contributed by atoms with E-state index in [-0.39, 0.29) is 29.1 Å². The highest BCUT2D eigenvalue weighted by Crippen LogP contribution is 2.42. The minimum absolute atomic E-state index is 0.193. The van der Waals surface area contributed by atoms with Gasteiger partial charge in [-0.25, -0.2) is 8.42 Å². The third-order valence-corrected chi connectivity index (χ3v) is 7.15. The molecule has 0 spiro atoms. The van der Waals surface area contributed by atoms with E-state index < -0.39 is 27.9 Å². The largest absolute Gasteiger partial charge is 0.389 e. The summed E-state index contributed by atoms with van der Waals surface area (Å²) < 4.78 is 27.2. The molecule has 1 unspecified atom stereocenters. The van der Waals surface area contributed by atoms with E-state index in [1.54, 1.807) is 42.5 Å². The summed E-state index contributed by atoms with van der Waals surface area (Å²) in [5.41, 5.74) is 1.06. The number of rotatable bonds is 4. The zero-order valence-electron chi connectivity index (χ0n) is 15.1. The van der Waals surface area contributed by atoms with Gasteiger partial charge in [-0.15, -0.1) is 0 Å². The van der Waals surface area contributed by atoms with Gasteiger partial charge in [0.1, 0.15) is 0 Å². The lowest BCUT2D eigenvalue weighted by molar-refractivity contribution is 0.0555. The summed E-state index contributed by atoms with van der Waals surface area (Å²) in [6.07, 6.45) is -1.24. The number of β-amino-alcohol motifs (C(OH)–C–C–N with tert-alkyl or cyclic N) is 1. The molecule has 146 valence electrons. The number of carbonyl (C=O) groups excluding carboxylic acids is 2. The molecule has 0 radical (unpaired) electrons. The molecule has 0 aromatic heterocycles. The van der Waals surface area contributed by atoms with Crippen LogP contribution >= 0.6 is 0 Å². The number of imide groups is 1. The van der Waals surface area contributed by atoms with Crippen LogP contribution in [0.4, 0.5) is 5.69 Å². The van der Waals surface area contributed by atoms with Crippen molar-refractivity contribution in [1.29, 1.82) is 0 Å². The van der Waals surface area contributed by atoms with Gasteiger partial charge in [0.05, 0.1) is 40.9 Å². The van der Waals surface area contributed by atoms with Gasteiger partial charge in [-0.1, -0.05) is 36.4 Å². The smallest absolute Gasteiger partial charge is 0.265 e. The minimum Gasteiger partial charge on any atom is -0.389 e. The first kappa shape index (κ1) is 17.8. The standard InChI is InChI=1S/C21H16N2O5S/c24-14(11-22-20(25)15-7-1-2-8-16(15)21(22)26)12-23-17-9-3-5-13-6-4-10-18(19(13)17)29(23,27)28/h1-10,14,24H,11-12H2. The number of hydrogen-bond acceptors (Lipinski definition) is 5. The average Bonchev–Trinajstić information content (AvgIpc) is 3.08. The summed E-state index contributed by atoms with van der Waals surface area (Å²) in [6, 6.07) is 16.8. The van der Waals surface area contributed by atoms with Gasteiger partial charge in [0.15, 0.2) is 0 Å². The van der Waals surface area contributed by atoms with Crippen LogP contribution in [0.3, 0.4) is 0 Å². The van der Waals surface area contributed by atoms with Crippen molar-refractivity contribution in [2.75, 3.05) is 17.4 Å². The molecule has 3 aromatic rings. The molecule has 8 heteroatoms. The summed E-state index contributed by atoms with van der Waals surface area (Å²) in [5.74, 6) is -0.973. The van der Waals surface area contributed by atoms with E-state index in [1.807, 2.05) is 12.1 Å². The summed E-state index contributed by atoms with van der Waals surface area (Å²) in [4.78, 5) is 26.2. The third kappa shape index (κ3) is 2.49. The molecule has 2 amide bonds. The third-order valence-electron chi connectivity index (χ3n) is 5.33. The van der Waals surface area contributed by atoms with E-state index in [0.717, 1.165) is 14.6 Å². The number of fused-ring (bicyclic) bond motifs is 1. The monoisotopic (exact) mass is 408 g/mol. The van der Waals surface area contributed by atoms with Crippen LogP contribution in [-0.2, 0) is 10.0 Å². The van der Waals surface area contributed by atoms with Crippen LogP contribution in [-0.4, -0.2) is 49.4 Å². The molecule has 0 fully saturated rings. The number of carbonyl (C=O) groups is 2. The van der Waals surface area contributed by atoms with Crippen molar-refractivity contribution < 1.29 is 23.1 Å². The quantitative estimate of drug-likeness (QED) is 0.667. The number of anilines is 1. The number of aliphatic hydroxyl groups excluding tert-OH is 1. The second-order valence-corrected chi connectivity index (χ2v) is 8.92. The maximum Gasteiger partial charge on any atom is 0.265 e. The highest BCUT2D eigenvalue weighted by Gasteiger charge is 2.39. The predicted molar refractivity (Wildman–Crippen MR) is 106 cm³/mol. The van der Waals surface area contributed by atoms with E-state index in [0.29, 0.717) is 11.1 Å². The molecular formula is C21H16N2O5S. The van der Waals surface area contributed by atoms with Gasteiger partial charge in [0, 0.05) is 5.39 Å². The molecule has 3 aromatic carbocycles. The van der Waals surface area contributed by atoms with Gasteiger partial charge in [-0.05, 0) is 29.7 Å². The number of aliphatic hydroxyl groups is 1. The highest BCUT2D eigenvalue weighted by molar-refractivity contribution is 7.93. The van der Waals surface area contributed by atoms with Gasteiger partial charge >= 0.3 is 0 Å². The van der Waals surface area contributed by atoms with Crippen molar-refractivity contribution in [2.45, 2.75) is 11.0 Å². The SMILES string of the molecule is O=C1c2ccccc2C(=O)N1CC(O)CN1c2cccc3cccc(c23)S1(=O)=O. The van der Waals surface area contributed by atoms with E-state index in [4.69, 9.17) is 0 Å². The Bertz CT molecular complexity index is 1260. The summed E-state index contributed by atoms with van der Waals surface area (Å²) in [6.45, 7) is -0.547. The Balaban J connectivity index is 1.43. The Labute approximate surface area is 166 Å². The molecule has 2 heterocycles. The van der Waals surface area contributed by atoms with E-state index in [1.165, 1.54) is 6.07 Å². The van der Waals surface area contributed by atoms with E-state index in [9.17, 15) is 23.1 Å². The van der Waals surface area contributed by atoms with Gasteiger partial charge in [-0.2, -0.15) is 0 Å². The predicted octanol–water partition coefficient (Wildman–Crippen LogP) is 2.01. The summed E-state index contributed by atoms with van der Waals surface area (Å²) in [7, 11) is -3.82. The fourth-order valence-electron chi connectivity index (χ4n) is 4.02. The molecule has 29 heavy (non-hydrogen) atoms. The van der Waals surface area contributed by atoms with Crippen molar-refractivity contribution >= 4 is 38.3 Å². The number of nitrogens with zero attached hydrogens (tertiary/aromatic N) is 2. The zero-order chi connectivity index (χ0) is 20.3. The molecule has 1 N–H and O–H groups in total. The first-order valence-electron chi connectivity index (χ1n) is 9.07. The molecule has 5 rings (SSSR count). The molecule has 2 aliphatic heterocycles. The van der Waals surface area contributed by atoms with Crippen LogP contribution < -0.4 is 4.31 Å². The van der Waals surface area contributed by atoms with E-state index in [2.05, 4.69) is 0 Å². The topological polar surface area (TPSA) is 95.0 Å². The van der Waals surface area contributed by atoms with Gasteiger partial charge in [-0.3, -0.25) is 18.8 Å². The van der Waals surface area contributed by atoms with Gasteiger partial charge in [0.25, 0.3) is 21.8 Å². The lowest BCUT2D eigenvalue weighted by Crippen LogP contribution is -2.43. The summed E-state index contributed by atoms with van der Waals surface area (Å²) in [5, 5.41) is 12.0. The van der Waals surface area contributed by atoms with Gasteiger partial charge < -0.3 is 5.11 Å². The molecule has 0 aliphatic carbocycles. The summed E-state index contributed by atoms with van der Waals surface area (Å²) >= 11 is 0. The Morgan fingerprint density at radius 3 is 2.10 bits per heavy atom. The lowest BCUT2D eigenvalue weighted by Gasteiger charge is -2.24. The second kappa shape index (κ2) is 6.13. The van der Waals surface area contributed by atoms with Gasteiger partial charge in [0.2, 0.25) is 0 Å². The van der Waals surface area contributed by atoms with E-state index >= 15 is 0 Å². The molecule has 7 nitrogen and oxygen atoms in total. The van der Waals surface area contributed by atoms with Crippen LogP contribution in [0.2, 0.25) is 0 Å². The fourth-order valence-corrected chi connectivity index (χ4v) is 5.77. The van der Waals surface area contributed by atoms with Crippen molar-refractivity contribution in [3.8, 4) is 0 Å². The lowest BCUT2D eigenvalue weighted by atomic mass is 10.1.